The fourth-order valence-electron chi connectivity index (χ4n) is 8.31. The van der Waals surface area contributed by atoms with Gasteiger partial charge in [-0.05, 0) is 111 Å². The van der Waals surface area contributed by atoms with Crippen LogP contribution in [0.2, 0.25) is 0 Å². The van der Waals surface area contributed by atoms with E-state index in [0.29, 0.717) is 30.1 Å². The molecule has 4 unspecified atom stereocenters. The first-order chi connectivity index (χ1) is 27.7. The van der Waals surface area contributed by atoms with Crippen LogP contribution >= 0.6 is 0 Å². The number of hydrogen-bond acceptors (Lipinski definition) is 2. The monoisotopic (exact) mass is 939 g/mol. The van der Waals surface area contributed by atoms with Crippen LogP contribution in [0.3, 0.4) is 0 Å². The summed E-state index contributed by atoms with van der Waals surface area (Å²) in [6.45, 7) is 18.3. The zero-order chi connectivity index (χ0) is 39.8. The SMILES string of the molecule is CCC(C)c1ccc2cnc(-c3[c-]c(Cc4[c-]c(-c5cc6cc(C(C)CC)ccc6cn5)cc5cc(C(C)CC)ccc45)c4ccc(C(C)CC)cc4c3)cc2c1.[Pt+2]. The normalized spacial score (nSPS) is 13.8. The van der Waals surface area contributed by atoms with Gasteiger partial charge in [0.2, 0.25) is 0 Å². The molecule has 3 heteroatoms. The maximum absolute atomic E-state index is 5.04. The first-order valence-electron chi connectivity index (χ1n) is 21.4. The van der Waals surface area contributed by atoms with E-state index in [9.17, 15) is 0 Å². The van der Waals surface area contributed by atoms with Crippen molar-refractivity contribution in [3.63, 3.8) is 0 Å². The van der Waals surface area contributed by atoms with Crippen molar-refractivity contribution in [2.75, 3.05) is 0 Å². The van der Waals surface area contributed by atoms with E-state index < -0.39 is 0 Å². The minimum Gasteiger partial charge on any atom is -0.304 e. The summed E-state index contributed by atoms with van der Waals surface area (Å²) in [7, 11) is 0. The van der Waals surface area contributed by atoms with Crippen LogP contribution in [0, 0.1) is 12.1 Å². The van der Waals surface area contributed by atoms with Gasteiger partial charge in [-0.25, -0.2) is 0 Å². The molecule has 0 fully saturated rings. The Morgan fingerprint density at radius 2 is 0.759 bits per heavy atom. The smallest absolute Gasteiger partial charge is 0.304 e. The van der Waals surface area contributed by atoms with E-state index in [4.69, 9.17) is 9.97 Å². The Labute approximate surface area is 360 Å². The van der Waals surface area contributed by atoms with Crippen LogP contribution in [0.4, 0.5) is 0 Å². The molecule has 6 aromatic carbocycles. The number of nitrogens with zero attached hydrogens (tertiary/aromatic N) is 2. The summed E-state index contributed by atoms with van der Waals surface area (Å²) in [4.78, 5) is 10.1. The minimum absolute atomic E-state index is 0. The molecule has 0 aliphatic carbocycles. The predicted octanol–water partition coefficient (Wildman–Crippen LogP) is 15.7. The third-order valence-electron chi connectivity index (χ3n) is 13.1. The van der Waals surface area contributed by atoms with Crippen molar-refractivity contribution < 1.29 is 21.1 Å². The van der Waals surface area contributed by atoms with Crippen LogP contribution in [0.5, 0.6) is 0 Å². The van der Waals surface area contributed by atoms with Gasteiger partial charge in [0.15, 0.2) is 0 Å². The molecule has 0 bridgehead atoms. The number of benzene rings is 6. The molecule has 0 N–H and O–H groups in total. The van der Waals surface area contributed by atoms with Gasteiger partial charge in [-0.1, -0.05) is 151 Å². The molecule has 0 aliphatic heterocycles. The Bertz CT molecular complexity index is 2560. The van der Waals surface area contributed by atoms with Gasteiger partial charge in [-0.3, -0.25) is 0 Å². The Balaban J connectivity index is 0.00000512. The first kappa shape index (κ1) is 41.5. The molecule has 2 nitrogen and oxygen atoms in total. The van der Waals surface area contributed by atoms with Crippen molar-refractivity contribution in [2.24, 2.45) is 0 Å². The Kier molecular flexibility index (Phi) is 12.7. The molecule has 58 heavy (non-hydrogen) atoms. The van der Waals surface area contributed by atoms with Crippen LogP contribution in [0.1, 0.15) is 138 Å². The Morgan fingerprint density at radius 3 is 1.12 bits per heavy atom. The summed E-state index contributed by atoms with van der Waals surface area (Å²) in [5.41, 5.74) is 11.8. The fourth-order valence-corrected chi connectivity index (χ4v) is 8.31. The van der Waals surface area contributed by atoms with E-state index in [1.807, 2.05) is 12.4 Å². The van der Waals surface area contributed by atoms with Gasteiger partial charge in [-0.2, -0.15) is 0 Å². The van der Waals surface area contributed by atoms with Gasteiger partial charge in [0, 0.05) is 12.4 Å². The van der Waals surface area contributed by atoms with Crippen molar-refractivity contribution in [1.29, 1.82) is 0 Å². The molecule has 8 aromatic rings. The molecule has 0 amide bonds. The molecule has 0 radical (unpaired) electrons. The van der Waals surface area contributed by atoms with Gasteiger partial charge >= 0.3 is 21.1 Å². The van der Waals surface area contributed by atoms with Crippen molar-refractivity contribution >= 4 is 43.1 Å². The van der Waals surface area contributed by atoms with Gasteiger partial charge in [0.1, 0.15) is 0 Å². The molecule has 2 heterocycles. The molecular formula is C55H56N2Pt. The number of hydrogen-bond donors (Lipinski definition) is 0. The second-order valence-corrected chi connectivity index (χ2v) is 16.8. The summed E-state index contributed by atoms with van der Waals surface area (Å²) < 4.78 is 0. The topological polar surface area (TPSA) is 25.8 Å². The van der Waals surface area contributed by atoms with E-state index >= 15 is 0 Å². The van der Waals surface area contributed by atoms with E-state index in [-0.39, 0.29) is 21.1 Å². The average molecular weight is 940 g/mol. The summed E-state index contributed by atoms with van der Waals surface area (Å²) in [5.74, 6) is 1.98. The largest absolute Gasteiger partial charge is 2.00 e. The van der Waals surface area contributed by atoms with Crippen LogP contribution < -0.4 is 0 Å². The molecule has 4 atom stereocenters. The van der Waals surface area contributed by atoms with Gasteiger partial charge < -0.3 is 9.97 Å². The van der Waals surface area contributed by atoms with E-state index in [1.54, 1.807) is 0 Å². The summed E-state index contributed by atoms with van der Waals surface area (Å²) in [5, 5.41) is 9.72. The Morgan fingerprint density at radius 1 is 0.414 bits per heavy atom. The zero-order valence-electron chi connectivity index (χ0n) is 35.4. The zero-order valence-corrected chi connectivity index (χ0v) is 37.7. The first-order valence-corrected chi connectivity index (χ1v) is 21.4. The third-order valence-corrected chi connectivity index (χ3v) is 13.1. The predicted molar refractivity (Wildman–Crippen MR) is 245 cm³/mol. The van der Waals surface area contributed by atoms with Gasteiger partial charge in [-0.15, -0.1) is 57.3 Å². The van der Waals surface area contributed by atoms with Crippen LogP contribution in [-0.2, 0) is 27.5 Å². The van der Waals surface area contributed by atoms with Crippen LogP contribution in [0.25, 0.3) is 65.6 Å². The quantitative estimate of drug-likeness (QED) is 0.114. The maximum atomic E-state index is 5.04. The molecule has 0 saturated heterocycles. The average Bonchev–Trinajstić information content (AvgIpc) is 3.26. The number of pyridine rings is 2. The van der Waals surface area contributed by atoms with Crippen molar-refractivity contribution in [3.05, 3.63) is 155 Å². The number of aromatic nitrogens is 2. The fraction of sp³-hybridized carbons (Fsp3) is 0.309. The molecule has 0 saturated carbocycles. The molecule has 0 aliphatic rings. The van der Waals surface area contributed by atoms with Gasteiger partial charge in [0.05, 0.1) is 0 Å². The minimum atomic E-state index is 0. The standard InChI is InChI=1S/C55H56N2.Pt/c1-9-34(5)38-13-15-42-32-56-54(30-44(42)21-38)50-26-46-23-40(36(7)11-3)17-19-52(46)48(28-50)25-49-29-51(27-47-24-41(37(8)12-4)18-20-53(47)49)55-31-45-22-39(35(6)10-2)14-16-43(45)33-57-55;/h13-24,26-27,30-37H,9-12,25H2,1-8H3;/q-2;+2. The Hall–Kier alpha value is -4.65. The second-order valence-electron chi connectivity index (χ2n) is 16.8. The summed E-state index contributed by atoms with van der Waals surface area (Å²) in [6.07, 6.45) is 9.18. The van der Waals surface area contributed by atoms with E-state index in [2.05, 4.69) is 165 Å². The van der Waals surface area contributed by atoms with E-state index in [0.717, 1.165) is 48.2 Å². The number of rotatable bonds is 12. The molecule has 296 valence electrons. The third kappa shape index (κ3) is 8.28. The van der Waals surface area contributed by atoms with Crippen LogP contribution in [-0.4, -0.2) is 9.97 Å². The summed E-state index contributed by atoms with van der Waals surface area (Å²) in [6, 6.07) is 44.8. The summed E-state index contributed by atoms with van der Waals surface area (Å²) >= 11 is 0. The maximum Gasteiger partial charge on any atom is 2.00 e. The van der Waals surface area contributed by atoms with Crippen LogP contribution in [0.15, 0.2) is 109 Å². The molecule has 0 spiro atoms. The van der Waals surface area contributed by atoms with E-state index in [1.165, 1.54) is 76.5 Å². The molecular weight excluding hydrogens is 884 g/mol. The second kappa shape index (κ2) is 17.7. The van der Waals surface area contributed by atoms with Crippen molar-refractivity contribution in [1.82, 2.24) is 9.97 Å². The number of fused-ring (bicyclic) bond motifs is 4. The van der Waals surface area contributed by atoms with Gasteiger partial charge in [0.25, 0.3) is 0 Å². The van der Waals surface area contributed by atoms with Crippen molar-refractivity contribution in [3.8, 4) is 22.5 Å². The molecule has 8 rings (SSSR count). The van der Waals surface area contributed by atoms with Crippen molar-refractivity contribution in [2.45, 2.75) is 111 Å². The molecule has 2 aromatic heterocycles.